The number of carbonyl (C=O) groups excluding carboxylic acids is 1. The summed E-state index contributed by atoms with van der Waals surface area (Å²) in [6.07, 6.45) is 1.20. The Hall–Kier alpha value is -2.07. The van der Waals surface area contributed by atoms with Crippen molar-refractivity contribution < 1.29 is 9.18 Å². The van der Waals surface area contributed by atoms with Crippen LogP contribution in [0.4, 0.5) is 15.8 Å². The number of benzene rings is 2. The van der Waals surface area contributed by atoms with Crippen LogP contribution >= 0.6 is 11.6 Å². The zero-order valence-corrected chi connectivity index (χ0v) is 13.6. The van der Waals surface area contributed by atoms with Gasteiger partial charge in [0.1, 0.15) is 5.82 Å². The minimum atomic E-state index is -0.588. The lowest BCUT2D eigenvalue weighted by atomic mass is 10.2. The lowest BCUT2D eigenvalue weighted by Crippen LogP contribution is -2.19. The zero-order chi connectivity index (χ0) is 16.4. The second-order valence-electron chi connectivity index (χ2n) is 5.97. The zero-order valence-electron chi connectivity index (χ0n) is 12.9. The second-order valence-corrected chi connectivity index (χ2v) is 6.40. The van der Waals surface area contributed by atoms with Gasteiger partial charge in [0.05, 0.1) is 5.56 Å². The Balaban J connectivity index is 1.70. The fraction of sp³-hybridized carbons (Fsp3) is 0.278. The fourth-order valence-electron chi connectivity index (χ4n) is 2.80. The van der Waals surface area contributed by atoms with Gasteiger partial charge >= 0.3 is 0 Å². The minimum absolute atomic E-state index is 0.0602. The number of anilines is 2. The van der Waals surface area contributed by atoms with Crippen molar-refractivity contribution in [1.82, 2.24) is 0 Å². The Kier molecular flexibility index (Phi) is 4.53. The van der Waals surface area contributed by atoms with Gasteiger partial charge in [0.25, 0.3) is 5.91 Å². The van der Waals surface area contributed by atoms with Crippen LogP contribution in [-0.2, 0) is 0 Å². The molecule has 0 spiro atoms. The summed E-state index contributed by atoms with van der Waals surface area (Å²) in [6.45, 7) is 4.36. The highest BCUT2D eigenvalue weighted by Gasteiger charge is 2.19. The molecule has 1 heterocycles. The van der Waals surface area contributed by atoms with Crippen LogP contribution in [0, 0.1) is 11.7 Å². The fourth-order valence-corrected chi connectivity index (χ4v) is 2.97. The van der Waals surface area contributed by atoms with Gasteiger partial charge in [-0.25, -0.2) is 4.39 Å². The molecule has 1 N–H and O–H groups in total. The van der Waals surface area contributed by atoms with E-state index in [0.29, 0.717) is 16.6 Å². The normalized spacial score (nSPS) is 17.3. The van der Waals surface area contributed by atoms with E-state index in [0.717, 1.165) is 18.8 Å². The number of amides is 1. The van der Waals surface area contributed by atoms with Gasteiger partial charge in [0.2, 0.25) is 0 Å². The number of hydrogen-bond acceptors (Lipinski definition) is 2. The SMILES string of the molecule is CC1CCN(c2ccc(NC(=O)c3cc(Cl)ccc3F)cc2)C1. The van der Waals surface area contributed by atoms with Crippen molar-refractivity contribution in [2.24, 2.45) is 5.92 Å². The van der Waals surface area contributed by atoms with Crippen LogP contribution in [0.25, 0.3) is 0 Å². The molecule has 23 heavy (non-hydrogen) atoms. The summed E-state index contributed by atoms with van der Waals surface area (Å²) < 4.78 is 13.7. The van der Waals surface area contributed by atoms with E-state index in [1.165, 1.54) is 24.6 Å². The third-order valence-electron chi connectivity index (χ3n) is 4.09. The molecule has 3 rings (SSSR count). The number of rotatable bonds is 3. The van der Waals surface area contributed by atoms with Gasteiger partial charge in [0.15, 0.2) is 0 Å². The van der Waals surface area contributed by atoms with E-state index in [-0.39, 0.29) is 5.56 Å². The topological polar surface area (TPSA) is 32.3 Å². The summed E-state index contributed by atoms with van der Waals surface area (Å²) >= 11 is 5.82. The number of halogens is 2. The van der Waals surface area contributed by atoms with Crippen molar-refractivity contribution in [3.05, 3.63) is 58.9 Å². The molecule has 1 fully saturated rings. The quantitative estimate of drug-likeness (QED) is 0.892. The Labute approximate surface area is 140 Å². The maximum absolute atomic E-state index is 13.7. The van der Waals surface area contributed by atoms with Crippen molar-refractivity contribution in [2.45, 2.75) is 13.3 Å². The third kappa shape index (κ3) is 3.64. The van der Waals surface area contributed by atoms with Crippen LogP contribution in [0.3, 0.4) is 0 Å². The van der Waals surface area contributed by atoms with Gasteiger partial charge in [-0.3, -0.25) is 4.79 Å². The standard InChI is InChI=1S/C18H18ClFN2O/c1-12-8-9-22(11-12)15-5-3-14(4-6-15)21-18(23)16-10-13(19)2-7-17(16)20/h2-7,10,12H,8-9,11H2,1H3,(H,21,23). The molecular formula is C18H18ClFN2O. The van der Waals surface area contributed by atoms with E-state index in [4.69, 9.17) is 11.6 Å². The number of hydrogen-bond donors (Lipinski definition) is 1. The average molecular weight is 333 g/mol. The molecule has 2 aromatic carbocycles. The molecule has 0 bridgehead atoms. The molecule has 1 atom stereocenters. The summed E-state index contributed by atoms with van der Waals surface area (Å²) in [5.74, 6) is -0.387. The summed E-state index contributed by atoms with van der Waals surface area (Å²) in [7, 11) is 0. The Morgan fingerprint density at radius 1 is 1.26 bits per heavy atom. The van der Waals surface area contributed by atoms with Gasteiger partial charge in [-0.15, -0.1) is 0 Å². The highest BCUT2D eigenvalue weighted by atomic mass is 35.5. The van der Waals surface area contributed by atoms with Crippen LogP contribution in [0.1, 0.15) is 23.7 Å². The van der Waals surface area contributed by atoms with Crippen molar-refractivity contribution in [2.75, 3.05) is 23.3 Å². The predicted molar refractivity (Wildman–Crippen MR) is 91.8 cm³/mol. The molecule has 1 aliphatic heterocycles. The van der Waals surface area contributed by atoms with Gasteiger partial charge < -0.3 is 10.2 Å². The average Bonchev–Trinajstić information content (AvgIpc) is 2.97. The Morgan fingerprint density at radius 2 is 2.00 bits per heavy atom. The molecule has 1 unspecified atom stereocenters. The smallest absolute Gasteiger partial charge is 0.258 e. The summed E-state index contributed by atoms with van der Waals surface area (Å²) in [5, 5.41) is 3.03. The van der Waals surface area contributed by atoms with E-state index in [1.54, 1.807) is 0 Å². The molecule has 2 aromatic rings. The maximum Gasteiger partial charge on any atom is 0.258 e. The first-order valence-corrected chi connectivity index (χ1v) is 8.02. The van der Waals surface area contributed by atoms with Crippen LogP contribution in [0.5, 0.6) is 0 Å². The van der Waals surface area contributed by atoms with Gasteiger partial charge in [-0.2, -0.15) is 0 Å². The molecule has 5 heteroatoms. The van der Waals surface area contributed by atoms with Crippen molar-refractivity contribution in [3.8, 4) is 0 Å². The van der Waals surface area contributed by atoms with E-state index in [1.807, 2.05) is 24.3 Å². The van der Waals surface area contributed by atoms with E-state index in [9.17, 15) is 9.18 Å². The van der Waals surface area contributed by atoms with Crippen molar-refractivity contribution >= 4 is 28.9 Å². The minimum Gasteiger partial charge on any atom is -0.371 e. The molecule has 0 saturated carbocycles. The van der Waals surface area contributed by atoms with E-state index in [2.05, 4.69) is 17.1 Å². The van der Waals surface area contributed by atoms with Gasteiger partial charge in [-0.05, 0) is 54.8 Å². The first kappa shape index (κ1) is 15.8. The van der Waals surface area contributed by atoms with Crippen LogP contribution in [0.15, 0.2) is 42.5 Å². The molecule has 0 aliphatic carbocycles. The first-order valence-electron chi connectivity index (χ1n) is 7.64. The maximum atomic E-state index is 13.7. The Bertz CT molecular complexity index is 717. The second kappa shape index (κ2) is 6.59. The van der Waals surface area contributed by atoms with Crippen LogP contribution in [-0.4, -0.2) is 19.0 Å². The number of nitrogens with one attached hydrogen (secondary N) is 1. The molecule has 1 saturated heterocycles. The Morgan fingerprint density at radius 3 is 2.65 bits per heavy atom. The molecule has 120 valence electrons. The van der Waals surface area contributed by atoms with E-state index >= 15 is 0 Å². The summed E-state index contributed by atoms with van der Waals surface area (Å²) in [5.41, 5.74) is 1.71. The molecular weight excluding hydrogens is 315 g/mol. The predicted octanol–water partition coefficient (Wildman–Crippen LogP) is 4.58. The highest BCUT2D eigenvalue weighted by Crippen LogP contribution is 2.25. The highest BCUT2D eigenvalue weighted by molar-refractivity contribution is 6.31. The molecule has 0 radical (unpaired) electrons. The number of nitrogens with zero attached hydrogens (tertiary/aromatic N) is 1. The summed E-state index contributed by atoms with van der Waals surface area (Å²) in [6, 6.07) is 11.5. The molecule has 1 aliphatic rings. The van der Waals surface area contributed by atoms with Crippen molar-refractivity contribution in [1.29, 1.82) is 0 Å². The molecule has 0 aromatic heterocycles. The lowest BCUT2D eigenvalue weighted by molar-refractivity contribution is 0.102. The third-order valence-corrected chi connectivity index (χ3v) is 4.32. The van der Waals surface area contributed by atoms with Crippen LogP contribution < -0.4 is 10.2 Å². The summed E-state index contributed by atoms with van der Waals surface area (Å²) in [4.78, 5) is 14.5. The molecule has 3 nitrogen and oxygen atoms in total. The van der Waals surface area contributed by atoms with Gasteiger partial charge in [0, 0.05) is 29.5 Å². The van der Waals surface area contributed by atoms with Crippen molar-refractivity contribution in [3.63, 3.8) is 0 Å². The largest absolute Gasteiger partial charge is 0.371 e. The van der Waals surface area contributed by atoms with Gasteiger partial charge in [-0.1, -0.05) is 18.5 Å². The monoisotopic (exact) mass is 332 g/mol. The molecule has 1 amide bonds. The lowest BCUT2D eigenvalue weighted by Gasteiger charge is -2.18. The number of carbonyl (C=O) groups is 1. The van der Waals surface area contributed by atoms with Crippen LogP contribution in [0.2, 0.25) is 5.02 Å². The van der Waals surface area contributed by atoms with E-state index < -0.39 is 11.7 Å². The first-order chi connectivity index (χ1) is 11.0.